The highest BCUT2D eigenvalue weighted by Crippen LogP contribution is 2.18. The van der Waals surface area contributed by atoms with E-state index in [2.05, 4.69) is 47.5 Å². The Labute approximate surface area is 191 Å². The lowest BCUT2D eigenvalue weighted by Gasteiger charge is -2.21. The number of guanidine groups is 1. The first-order valence-corrected chi connectivity index (χ1v) is 10.1. The van der Waals surface area contributed by atoms with E-state index in [1.807, 2.05) is 24.3 Å². The highest BCUT2D eigenvalue weighted by atomic mass is 127. The van der Waals surface area contributed by atoms with Crippen LogP contribution in [0, 0.1) is 5.92 Å². The number of rotatable bonds is 8. The largest absolute Gasteiger partial charge is 0.497 e. The summed E-state index contributed by atoms with van der Waals surface area (Å²) in [6.45, 7) is 7.09. The number of halogens is 1. The summed E-state index contributed by atoms with van der Waals surface area (Å²) in [7, 11) is 1.69. The van der Waals surface area contributed by atoms with Gasteiger partial charge in [0, 0.05) is 25.6 Å². The van der Waals surface area contributed by atoms with E-state index in [9.17, 15) is 0 Å². The van der Waals surface area contributed by atoms with Gasteiger partial charge in [0.05, 0.1) is 26.9 Å². The molecule has 5 nitrogen and oxygen atoms in total. The zero-order valence-electron chi connectivity index (χ0n) is 17.3. The monoisotopic (exact) mass is 509 g/mol. The van der Waals surface area contributed by atoms with Crippen molar-refractivity contribution in [2.75, 3.05) is 33.4 Å². The molecule has 1 aliphatic rings. The van der Waals surface area contributed by atoms with Crippen LogP contribution in [0.1, 0.15) is 24.5 Å². The van der Waals surface area contributed by atoms with E-state index in [-0.39, 0.29) is 24.0 Å². The third-order valence-corrected chi connectivity index (χ3v) is 4.93. The summed E-state index contributed by atoms with van der Waals surface area (Å²) in [5.41, 5.74) is 2.38. The Bertz CT molecular complexity index is 755. The first kappa shape index (κ1) is 23.5. The second kappa shape index (κ2) is 12.7. The third-order valence-electron chi connectivity index (χ3n) is 4.93. The minimum absolute atomic E-state index is 0. The van der Waals surface area contributed by atoms with Crippen molar-refractivity contribution in [1.29, 1.82) is 0 Å². The standard InChI is InChI=1S/C23H31N3O2.HI/c1-3-24-23(25-15-20-10-7-11-22(14-20)27-2)26-13-12-21(16-26)18-28-17-19-8-5-4-6-9-19;/h4-11,14,21H,3,12-13,15-18H2,1-2H3,(H,24,25);1H. The molecule has 0 aromatic heterocycles. The molecule has 0 bridgehead atoms. The van der Waals surface area contributed by atoms with Gasteiger partial charge in [0.1, 0.15) is 5.75 Å². The molecule has 1 N–H and O–H groups in total. The summed E-state index contributed by atoms with van der Waals surface area (Å²) in [6, 6.07) is 18.4. The number of hydrogen-bond donors (Lipinski definition) is 1. The molecule has 1 heterocycles. The predicted molar refractivity (Wildman–Crippen MR) is 129 cm³/mol. The van der Waals surface area contributed by atoms with E-state index in [0.717, 1.165) is 49.9 Å². The van der Waals surface area contributed by atoms with Gasteiger partial charge in [-0.2, -0.15) is 0 Å². The number of hydrogen-bond acceptors (Lipinski definition) is 3. The molecule has 0 amide bonds. The molecular formula is C23H32IN3O2. The Balaban J connectivity index is 0.00000300. The maximum absolute atomic E-state index is 5.95. The van der Waals surface area contributed by atoms with Gasteiger partial charge in [0.25, 0.3) is 0 Å². The van der Waals surface area contributed by atoms with Crippen molar-refractivity contribution < 1.29 is 9.47 Å². The minimum Gasteiger partial charge on any atom is -0.497 e. The molecule has 1 unspecified atom stereocenters. The van der Waals surface area contributed by atoms with Crippen molar-refractivity contribution in [3.8, 4) is 5.75 Å². The fourth-order valence-electron chi connectivity index (χ4n) is 3.44. The first-order chi connectivity index (χ1) is 13.8. The van der Waals surface area contributed by atoms with E-state index < -0.39 is 0 Å². The van der Waals surface area contributed by atoms with Crippen LogP contribution < -0.4 is 10.1 Å². The Morgan fingerprint density at radius 1 is 1.14 bits per heavy atom. The van der Waals surface area contributed by atoms with Crippen LogP contribution in [-0.4, -0.2) is 44.2 Å². The van der Waals surface area contributed by atoms with Gasteiger partial charge in [-0.05, 0) is 36.6 Å². The topological polar surface area (TPSA) is 46.1 Å². The van der Waals surface area contributed by atoms with Gasteiger partial charge in [-0.25, -0.2) is 4.99 Å². The van der Waals surface area contributed by atoms with E-state index in [4.69, 9.17) is 14.5 Å². The highest BCUT2D eigenvalue weighted by Gasteiger charge is 2.25. The molecule has 2 aromatic carbocycles. The number of nitrogens with one attached hydrogen (secondary N) is 1. The molecule has 2 aromatic rings. The molecule has 1 saturated heterocycles. The number of methoxy groups -OCH3 is 1. The highest BCUT2D eigenvalue weighted by molar-refractivity contribution is 14.0. The molecule has 0 spiro atoms. The fraction of sp³-hybridized carbons (Fsp3) is 0.435. The number of ether oxygens (including phenoxy) is 2. The van der Waals surface area contributed by atoms with Crippen LogP contribution in [0.4, 0.5) is 0 Å². The van der Waals surface area contributed by atoms with Crippen molar-refractivity contribution in [3.63, 3.8) is 0 Å². The van der Waals surface area contributed by atoms with Crippen LogP contribution in [0.5, 0.6) is 5.75 Å². The molecule has 0 saturated carbocycles. The lowest BCUT2D eigenvalue weighted by molar-refractivity contribution is 0.0906. The van der Waals surface area contributed by atoms with Crippen molar-refractivity contribution in [2.45, 2.75) is 26.5 Å². The van der Waals surface area contributed by atoms with Crippen LogP contribution in [0.25, 0.3) is 0 Å². The van der Waals surface area contributed by atoms with Crippen molar-refractivity contribution >= 4 is 29.9 Å². The zero-order chi connectivity index (χ0) is 19.6. The van der Waals surface area contributed by atoms with Gasteiger partial charge < -0.3 is 19.7 Å². The summed E-state index contributed by atoms with van der Waals surface area (Å²) in [4.78, 5) is 7.19. The molecule has 0 radical (unpaired) electrons. The van der Waals surface area contributed by atoms with Gasteiger partial charge in [0.2, 0.25) is 0 Å². The summed E-state index contributed by atoms with van der Waals surface area (Å²) in [5.74, 6) is 2.40. The lowest BCUT2D eigenvalue weighted by atomic mass is 10.1. The smallest absolute Gasteiger partial charge is 0.194 e. The Kier molecular flexibility index (Phi) is 10.3. The molecule has 158 valence electrons. The zero-order valence-corrected chi connectivity index (χ0v) is 19.7. The molecule has 29 heavy (non-hydrogen) atoms. The normalized spacial score (nSPS) is 16.4. The SMILES string of the molecule is CCNC(=NCc1cccc(OC)c1)N1CCC(COCc2ccccc2)C1.I. The minimum atomic E-state index is 0. The first-order valence-electron chi connectivity index (χ1n) is 10.1. The van der Waals surface area contributed by atoms with E-state index >= 15 is 0 Å². The summed E-state index contributed by atoms with van der Waals surface area (Å²) >= 11 is 0. The molecule has 3 rings (SSSR count). The molecule has 1 atom stereocenters. The Hall–Kier alpha value is -1.80. The summed E-state index contributed by atoms with van der Waals surface area (Å²) in [5, 5.41) is 3.43. The molecular weight excluding hydrogens is 477 g/mol. The van der Waals surface area contributed by atoms with Crippen molar-refractivity contribution in [3.05, 3.63) is 65.7 Å². The lowest BCUT2D eigenvalue weighted by Crippen LogP contribution is -2.40. The van der Waals surface area contributed by atoms with Gasteiger partial charge in [-0.15, -0.1) is 24.0 Å². The van der Waals surface area contributed by atoms with Gasteiger partial charge in [-0.1, -0.05) is 42.5 Å². The van der Waals surface area contributed by atoms with Crippen LogP contribution in [0.15, 0.2) is 59.6 Å². The molecule has 1 fully saturated rings. The van der Waals surface area contributed by atoms with Crippen molar-refractivity contribution in [1.82, 2.24) is 10.2 Å². The van der Waals surface area contributed by atoms with Crippen LogP contribution >= 0.6 is 24.0 Å². The Morgan fingerprint density at radius 2 is 1.93 bits per heavy atom. The molecule has 6 heteroatoms. The fourth-order valence-corrected chi connectivity index (χ4v) is 3.44. The average Bonchev–Trinajstić information content (AvgIpc) is 3.21. The maximum atomic E-state index is 5.95. The van der Waals surface area contributed by atoms with Gasteiger partial charge in [0.15, 0.2) is 5.96 Å². The van der Waals surface area contributed by atoms with Crippen LogP contribution in [0.3, 0.4) is 0 Å². The Morgan fingerprint density at radius 3 is 2.69 bits per heavy atom. The third kappa shape index (κ3) is 7.51. The van der Waals surface area contributed by atoms with E-state index in [0.29, 0.717) is 19.1 Å². The second-order valence-corrected chi connectivity index (χ2v) is 7.12. The predicted octanol–water partition coefficient (Wildman–Crippen LogP) is 4.32. The van der Waals surface area contributed by atoms with Crippen LogP contribution in [-0.2, 0) is 17.9 Å². The number of aliphatic imine (C=N–C) groups is 1. The quantitative estimate of drug-likeness (QED) is 0.327. The number of likely N-dealkylation sites (tertiary alicyclic amines) is 1. The molecule has 0 aliphatic carbocycles. The van der Waals surface area contributed by atoms with E-state index in [1.165, 1.54) is 5.56 Å². The summed E-state index contributed by atoms with van der Waals surface area (Å²) < 4.78 is 11.2. The number of benzene rings is 2. The van der Waals surface area contributed by atoms with E-state index in [1.54, 1.807) is 7.11 Å². The van der Waals surface area contributed by atoms with Gasteiger partial charge >= 0.3 is 0 Å². The van der Waals surface area contributed by atoms with Crippen LogP contribution in [0.2, 0.25) is 0 Å². The second-order valence-electron chi connectivity index (χ2n) is 7.12. The maximum Gasteiger partial charge on any atom is 0.194 e. The number of nitrogens with zero attached hydrogens (tertiary/aromatic N) is 2. The summed E-state index contributed by atoms with van der Waals surface area (Å²) in [6.07, 6.45) is 1.14. The molecule has 1 aliphatic heterocycles. The average molecular weight is 509 g/mol. The van der Waals surface area contributed by atoms with Crippen molar-refractivity contribution in [2.24, 2.45) is 10.9 Å². The van der Waals surface area contributed by atoms with Gasteiger partial charge in [-0.3, -0.25) is 0 Å².